The highest BCUT2D eigenvalue weighted by molar-refractivity contribution is 9.10. The quantitative estimate of drug-likeness (QED) is 0.601. The Labute approximate surface area is 144 Å². The highest BCUT2D eigenvalue weighted by atomic mass is 79.9. The summed E-state index contributed by atoms with van der Waals surface area (Å²) in [6.45, 7) is 4.39. The molecule has 0 atom stereocenters. The van der Waals surface area contributed by atoms with Crippen LogP contribution < -0.4 is 4.74 Å². The average Bonchev–Trinajstić information content (AvgIpc) is 3.10. The predicted molar refractivity (Wildman–Crippen MR) is 96.9 cm³/mol. The fraction of sp³-hybridized carbons (Fsp3) is 0.368. The predicted octanol–water partition coefficient (Wildman–Crippen LogP) is 4.97. The van der Waals surface area contributed by atoms with Gasteiger partial charge in [-0.15, -0.1) is 0 Å². The molecule has 0 radical (unpaired) electrons. The van der Waals surface area contributed by atoms with E-state index in [2.05, 4.69) is 35.1 Å². The number of benzene rings is 2. The summed E-state index contributed by atoms with van der Waals surface area (Å²) in [4.78, 5) is 0. The summed E-state index contributed by atoms with van der Waals surface area (Å²) in [6, 6.07) is 12.3. The van der Waals surface area contributed by atoms with Crippen LogP contribution in [0.3, 0.4) is 0 Å². The molecule has 0 spiro atoms. The molecule has 1 saturated heterocycles. The topological polar surface area (TPSA) is 22.4 Å². The summed E-state index contributed by atoms with van der Waals surface area (Å²) in [5, 5.41) is 2.28. The lowest BCUT2D eigenvalue weighted by Gasteiger charge is -2.28. The molecule has 2 aromatic carbocycles. The molecule has 1 fully saturated rings. The summed E-state index contributed by atoms with van der Waals surface area (Å²) in [7, 11) is 2.33. The molecule has 1 aromatic heterocycles. The van der Waals surface area contributed by atoms with Crippen molar-refractivity contribution < 1.29 is 13.6 Å². The largest absolute Gasteiger partial charge is 0.488 e. The van der Waals surface area contributed by atoms with E-state index < -0.39 is 0 Å². The van der Waals surface area contributed by atoms with Gasteiger partial charge in [0.2, 0.25) is 0 Å². The van der Waals surface area contributed by atoms with Gasteiger partial charge in [-0.1, -0.05) is 15.9 Å². The van der Waals surface area contributed by atoms with Crippen molar-refractivity contribution in [1.82, 2.24) is 0 Å². The SMILES string of the molecule is C[N+]1(CCOc2ccc3c(c2)oc2cc(Br)ccc23)CCCC1. The minimum absolute atomic E-state index is 0.758. The van der Waals surface area contributed by atoms with E-state index >= 15 is 0 Å². The second-order valence-corrected chi connectivity index (χ2v) is 7.66. The number of ether oxygens (including phenoxy) is 1. The molecule has 1 aliphatic rings. The van der Waals surface area contributed by atoms with Gasteiger partial charge in [0.15, 0.2) is 0 Å². The van der Waals surface area contributed by atoms with Gasteiger partial charge in [0.05, 0.1) is 20.1 Å². The molecule has 4 heteroatoms. The molecule has 0 saturated carbocycles. The molecule has 0 N–H and O–H groups in total. The van der Waals surface area contributed by atoms with Crippen LogP contribution in [0.25, 0.3) is 21.9 Å². The Morgan fingerprint density at radius 3 is 2.52 bits per heavy atom. The van der Waals surface area contributed by atoms with E-state index in [0.717, 1.165) is 49.8 Å². The molecular weight excluding hydrogens is 354 g/mol. The maximum Gasteiger partial charge on any atom is 0.139 e. The summed E-state index contributed by atoms with van der Waals surface area (Å²) < 4.78 is 14.1. The van der Waals surface area contributed by atoms with Gasteiger partial charge in [0.25, 0.3) is 0 Å². The maximum absolute atomic E-state index is 5.98. The molecule has 0 amide bonds. The monoisotopic (exact) mass is 374 g/mol. The van der Waals surface area contributed by atoms with Gasteiger partial charge in [-0.25, -0.2) is 0 Å². The van der Waals surface area contributed by atoms with Crippen molar-refractivity contribution in [1.29, 1.82) is 0 Å². The first-order valence-corrected chi connectivity index (χ1v) is 9.00. The highest BCUT2D eigenvalue weighted by Gasteiger charge is 2.26. The summed E-state index contributed by atoms with van der Waals surface area (Å²) in [6.07, 6.45) is 2.69. The first kappa shape index (κ1) is 15.0. The Balaban J connectivity index is 1.53. The smallest absolute Gasteiger partial charge is 0.139 e. The van der Waals surface area contributed by atoms with Crippen molar-refractivity contribution in [2.45, 2.75) is 12.8 Å². The third-order valence-electron chi connectivity index (χ3n) is 4.95. The van der Waals surface area contributed by atoms with Crippen LogP contribution in [0, 0.1) is 0 Å². The number of rotatable bonds is 4. The molecule has 4 rings (SSSR count). The molecule has 23 heavy (non-hydrogen) atoms. The van der Waals surface area contributed by atoms with E-state index in [4.69, 9.17) is 9.15 Å². The number of likely N-dealkylation sites (N-methyl/N-ethyl adjacent to an activating group) is 1. The number of likely N-dealkylation sites (tertiary alicyclic amines) is 1. The van der Waals surface area contributed by atoms with Gasteiger partial charge in [-0.2, -0.15) is 0 Å². The normalized spacial score (nSPS) is 17.1. The summed E-state index contributed by atoms with van der Waals surface area (Å²) in [5.41, 5.74) is 1.79. The van der Waals surface area contributed by atoms with Crippen molar-refractivity contribution in [2.75, 3.05) is 33.3 Å². The van der Waals surface area contributed by atoms with E-state index in [1.54, 1.807) is 0 Å². The van der Waals surface area contributed by atoms with Crippen molar-refractivity contribution in [3.8, 4) is 5.75 Å². The van der Waals surface area contributed by atoms with Crippen LogP contribution in [0.4, 0.5) is 0 Å². The van der Waals surface area contributed by atoms with Crippen LogP contribution in [-0.4, -0.2) is 37.8 Å². The van der Waals surface area contributed by atoms with Gasteiger partial charge < -0.3 is 13.6 Å². The van der Waals surface area contributed by atoms with Crippen LogP contribution in [0.15, 0.2) is 45.3 Å². The van der Waals surface area contributed by atoms with E-state index in [9.17, 15) is 0 Å². The van der Waals surface area contributed by atoms with E-state index in [0.29, 0.717) is 0 Å². The molecule has 2 heterocycles. The van der Waals surface area contributed by atoms with Gasteiger partial charge in [0.1, 0.15) is 30.1 Å². The fourth-order valence-electron chi connectivity index (χ4n) is 3.53. The molecule has 0 aliphatic carbocycles. The number of quaternary nitrogens is 1. The van der Waals surface area contributed by atoms with E-state index in [-0.39, 0.29) is 0 Å². The van der Waals surface area contributed by atoms with Crippen LogP contribution in [0.1, 0.15) is 12.8 Å². The van der Waals surface area contributed by atoms with Crippen LogP contribution in [0.5, 0.6) is 5.75 Å². The highest BCUT2D eigenvalue weighted by Crippen LogP contribution is 2.32. The average molecular weight is 375 g/mol. The van der Waals surface area contributed by atoms with Crippen molar-refractivity contribution in [3.05, 3.63) is 40.9 Å². The van der Waals surface area contributed by atoms with Gasteiger partial charge >= 0.3 is 0 Å². The summed E-state index contributed by atoms with van der Waals surface area (Å²) in [5.74, 6) is 0.890. The first-order valence-electron chi connectivity index (χ1n) is 8.21. The number of furan rings is 1. The third-order valence-corrected chi connectivity index (χ3v) is 5.45. The zero-order valence-electron chi connectivity index (χ0n) is 13.3. The lowest BCUT2D eigenvalue weighted by atomic mass is 10.1. The number of nitrogens with zero attached hydrogens (tertiary/aromatic N) is 1. The van der Waals surface area contributed by atoms with Crippen LogP contribution in [-0.2, 0) is 0 Å². The number of halogens is 1. The van der Waals surface area contributed by atoms with Crippen LogP contribution in [0.2, 0.25) is 0 Å². The second-order valence-electron chi connectivity index (χ2n) is 6.75. The molecule has 1 aliphatic heterocycles. The standard InChI is InChI=1S/C19H21BrNO2/c1-21(8-2-3-9-21)10-11-22-15-5-7-17-16-6-4-14(20)12-18(16)23-19(17)13-15/h4-7,12-13H,2-3,8-11H2,1H3/q+1. The zero-order valence-corrected chi connectivity index (χ0v) is 14.9. The van der Waals surface area contributed by atoms with E-state index in [1.807, 2.05) is 24.3 Å². The molecule has 0 unspecified atom stereocenters. The van der Waals surface area contributed by atoms with E-state index in [1.165, 1.54) is 25.9 Å². The first-order chi connectivity index (χ1) is 11.1. The molecule has 0 bridgehead atoms. The van der Waals surface area contributed by atoms with Crippen molar-refractivity contribution in [3.63, 3.8) is 0 Å². The van der Waals surface area contributed by atoms with Gasteiger partial charge in [-0.3, -0.25) is 0 Å². The fourth-order valence-corrected chi connectivity index (χ4v) is 3.87. The molecule has 120 valence electrons. The molecule has 3 aromatic rings. The Morgan fingerprint density at radius 1 is 1.04 bits per heavy atom. The number of hydrogen-bond donors (Lipinski definition) is 0. The molecule has 3 nitrogen and oxygen atoms in total. The Kier molecular flexibility index (Phi) is 3.82. The maximum atomic E-state index is 5.98. The molecular formula is C19H21BrNO2+. The summed E-state index contributed by atoms with van der Waals surface area (Å²) >= 11 is 3.49. The third kappa shape index (κ3) is 2.98. The Hall–Kier alpha value is -1.52. The Morgan fingerprint density at radius 2 is 1.74 bits per heavy atom. The Bertz CT molecular complexity index is 849. The second kappa shape index (κ2) is 5.84. The van der Waals surface area contributed by atoms with Crippen LogP contribution >= 0.6 is 15.9 Å². The minimum Gasteiger partial charge on any atom is -0.488 e. The zero-order chi connectivity index (χ0) is 15.9. The lowest BCUT2D eigenvalue weighted by Crippen LogP contribution is -2.43. The number of fused-ring (bicyclic) bond motifs is 3. The van der Waals surface area contributed by atoms with Crippen molar-refractivity contribution >= 4 is 37.9 Å². The minimum atomic E-state index is 0.758. The number of hydrogen-bond acceptors (Lipinski definition) is 2. The lowest BCUT2D eigenvalue weighted by molar-refractivity contribution is -0.897. The van der Waals surface area contributed by atoms with Gasteiger partial charge in [-0.05, 0) is 30.3 Å². The van der Waals surface area contributed by atoms with Gasteiger partial charge in [0, 0.05) is 34.2 Å². The van der Waals surface area contributed by atoms with Crippen molar-refractivity contribution in [2.24, 2.45) is 0 Å².